The van der Waals surface area contributed by atoms with Gasteiger partial charge in [-0.05, 0) is 73.0 Å². The number of nitrogens with zero attached hydrogens (tertiary/aromatic N) is 3. The zero-order valence-electron chi connectivity index (χ0n) is 17.5. The number of para-hydroxylation sites is 1. The Kier molecular flexibility index (Phi) is 4.87. The second kappa shape index (κ2) is 7.71. The first-order valence-corrected chi connectivity index (χ1v) is 10.7. The van der Waals surface area contributed by atoms with Gasteiger partial charge in [0.25, 0.3) is 5.91 Å². The summed E-state index contributed by atoms with van der Waals surface area (Å²) < 4.78 is 0. The average Bonchev–Trinajstić information content (AvgIpc) is 3.19. The van der Waals surface area contributed by atoms with E-state index in [2.05, 4.69) is 36.1 Å². The van der Waals surface area contributed by atoms with Gasteiger partial charge in [-0.3, -0.25) is 4.79 Å². The van der Waals surface area contributed by atoms with Crippen molar-refractivity contribution in [2.45, 2.75) is 13.3 Å². The Labute approximate surface area is 186 Å². The molecule has 31 heavy (non-hydrogen) atoms. The first-order chi connectivity index (χ1) is 15.0. The minimum Gasteiger partial charge on any atom is -0.326 e. The molecule has 1 aliphatic heterocycles. The molecule has 0 saturated carbocycles. The highest BCUT2D eigenvalue weighted by atomic mass is 35.5. The van der Waals surface area contributed by atoms with Crippen LogP contribution in [0.4, 0.5) is 17.2 Å². The molecule has 4 aromatic rings. The van der Waals surface area contributed by atoms with Crippen molar-refractivity contribution < 1.29 is 4.79 Å². The average molecular weight is 428 g/mol. The fraction of sp³-hybridized carbons (Fsp3) is 0.154. The van der Waals surface area contributed by atoms with E-state index in [1.165, 1.54) is 16.5 Å². The zero-order chi connectivity index (χ0) is 21.5. The monoisotopic (exact) mass is 427 g/mol. The summed E-state index contributed by atoms with van der Waals surface area (Å²) in [6, 6.07) is 23.7. The van der Waals surface area contributed by atoms with Crippen LogP contribution in [0, 0.1) is 6.92 Å². The number of halogens is 1. The summed E-state index contributed by atoms with van der Waals surface area (Å²) >= 11 is 6.25. The predicted molar refractivity (Wildman–Crippen MR) is 128 cm³/mol. The molecule has 0 radical (unpaired) electrons. The number of anilines is 3. The van der Waals surface area contributed by atoms with Crippen molar-refractivity contribution in [1.82, 2.24) is 4.98 Å². The molecule has 4 nitrogen and oxygen atoms in total. The molecule has 2 heterocycles. The number of benzene rings is 3. The quantitative estimate of drug-likeness (QED) is 0.392. The maximum absolute atomic E-state index is 12.9. The van der Waals surface area contributed by atoms with Gasteiger partial charge < -0.3 is 9.80 Å². The summed E-state index contributed by atoms with van der Waals surface area (Å²) in [6.07, 6.45) is 0.960. The first kappa shape index (κ1) is 19.6. The molecule has 0 unspecified atom stereocenters. The lowest BCUT2D eigenvalue weighted by atomic mass is 10.1. The molecule has 0 fully saturated rings. The van der Waals surface area contributed by atoms with Crippen LogP contribution < -0.4 is 9.80 Å². The van der Waals surface area contributed by atoms with E-state index in [1.807, 2.05) is 42.5 Å². The summed E-state index contributed by atoms with van der Waals surface area (Å²) in [6.45, 7) is 2.96. The Morgan fingerprint density at radius 1 is 1.03 bits per heavy atom. The molecular formula is C26H22ClN3O. The normalized spacial score (nSPS) is 12.8. The van der Waals surface area contributed by atoms with E-state index in [-0.39, 0.29) is 5.91 Å². The van der Waals surface area contributed by atoms with E-state index >= 15 is 0 Å². The van der Waals surface area contributed by atoms with E-state index in [4.69, 9.17) is 16.6 Å². The number of amides is 1. The number of aryl methyl sites for hydroxylation is 1. The van der Waals surface area contributed by atoms with Crippen molar-refractivity contribution >= 4 is 45.6 Å². The summed E-state index contributed by atoms with van der Waals surface area (Å²) in [5.41, 5.74) is 5.82. The van der Waals surface area contributed by atoms with Crippen LogP contribution in [0.2, 0.25) is 5.02 Å². The Hall–Kier alpha value is -3.37. The Bertz CT molecular complexity index is 1300. The van der Waals surface area contributed by atoms with Gasteiger partial charge in [-0.25, -0.2) is 4.98 Å². The number of fused-ring (bicyclic) bond motifs is 2. The van der Waals surface area contributed by atoms with Gasteiger partial charge in [-0.15, -0.1) is 0 Å². The van der Waals surface area contributed by atoms with Gasteiger partial charge in [-0.1, -0.05) is 35.9 Å². The van der Waals surface area contributed by atoms with Crippen molar-refractivity contribution in [2.24, 2.45) is 0 Å². The highest BCUT2D eigenvalue weighted by Crippen LogP contribution is 2.35. The van der Waals surface area contributed by atoms with Crippen LogP contribution in [-0.2, 0) is 6.42 Å². The summed E-state index contributed by atoms with van der Waals surface area (Å²) in [4.78, 5) is 21.7. The van der Waals surface area contributed by atoms with Gasteiger partial charge in [0.15, 0.2) is 0 Å². The van der Waals surface area contributed by atoms with E-state index in [0.717, 1.165) is 30.0 Å². The number of aromatic nitrogens is 1. The standard InChI is InChI=1S/C26H22ClN3O/c1-17-7-8-19-16-20-13-14-30(25(20)28-23(19)15-17)21-11-9-18(10-12-21)26(31)29(2)24-6-4-3-5-22(24)27/h3-12,15-16H,13-14H2,1-2H3. The molecule has 0 spiro atoms. The predicted octanol–water partition coefficient (Wildman–Crippen LogP) is 6.17. The Balaban J connectivity index is 1.43. The van der Waals surface area contributed by atoms with Crippen LogP contribution in [0.25, 0.3) is 10.9 Å². The van der Waals surface area contributed by atoms with Crippen LogP contribution in [0.15, 0.2) is 72.8 Å². The lowest BCUT2D eigenvalue weighted by Gasteiger charge is -2.21. The fourth-order valence-corrected chi connectivity index (χ4v) is 4.39. The Morgan fingerprint density at radius 3 is 2.58 bits per heavy atom. The van der Waals surface area contributed by atoms with E-state index in [0.29, 0.717) is 16.3 Å². The summed E-state index contributed by atoms with van der Waals surface area (Å²) in [7, 11) is 1.74. The fourth-order valence-electron chi connectivity index (χ4n) is 4.13. The van der Waals surface area contributed by atoms with Gasteiger partial charge in [0, 0.05) is 30.2 Å². The maximum Gasteiger partial charge on any atom is 0.258 e. The minimum atomic E-state index is -0.0962. The highest BCUT2D eigenvalue weighted by molar-refractivity contribution is 6.34. The lowest BCUT2D eigenvalue weighted by molar-refractivity contribution is 0.0993. The molecular weight excluding hydrogens is 406 g/mol. The molecule has 0 N–H and O–H groups in total. The van der Waals surface area contributed by atoms with Crippen molar-refractivity contribution in [3.05, 3.63) is 94.5 Å². The van der Waals surface area contributed by atoms with Crippen LogP contribution in [0.5, 0.6) is 0 Å². The molecule has 1 amide bonds. The van der Waals surface area contributed by atoms with Gasteiger partial charge in [0.1, 0.15) is 5.82 Å². The third-order valence-electron chi connectivity index (χ3n) is 5.83. The third-order valence-corrected chi connectivity index (χ3v) is 6.15. The van der Waals surface area contributed by atoms with E-state index in [9.17, 15) is 4.79 Å². The number of carbonyl (C=O) groups is 1. The van der Waals surface area contributed by atoms with Crippen molar-refractivity contribution in [1.29, 1.82) is 0 Å². The maximum atomic E-state index is 12.9. The molecule has 0 saturated heterocycles. The lowest BCUT2D eigenvalue weighted by Crippen LogP contribution is -2.26. The summed E-state index contributed by atoms with van der Waals surface area (Å²) in [5.74, 6) is 0.909. The van der Waals surface area contributed by atoms with E-state index in [1.54, 1.807) is 18.0 Å². The van der Waals surface area contributed by atoms with Crippen LogP contribution >= 0.6 is 11.6 Å². The molecule has 5 heteroatoms. The molecule has 0 atom stereocenters. The number of hydrogen-bond donors (Lipinski definition) is 0. The third kappa shape index (κ3) is 3.53. The molecule has 0 bridgehead atoms. The summed E-state index contributed by atoms with van der Waals surface area (Å²) in [5, 5.41) is 1.73. The van der Waals surface area contributed by atoms with Gasteiger partial charge in [0.2, 0.25) is 0 Å². The number of hydrogen-bond acceptors (Lipinski definition) is 3. The SMILES string of the molecule is Cc1ccc2cc3c(nc2c1)N(c1ccc(C(=O)N(C)c2ccccc2Cl)cc1)CC3. The van der Waals surface area contributed by atoms with Crippen LogP contribution in [0.1, 0.15) is 21.5 Å². The van der Waals surface area contributed by atoms with E-state index < -0.39 is 0 Å². The first-order valence-electron chi connectivity index (χ1n) is 10.3. The molecule has 0 aliphatic carbocycles. The van der Waals surface area contributed by atoms with Crippen LogP contribution in [0.3, 0.4) is 0 Å². The highest BCUT2D eigenvalue weighted by Gasteiger charge is 2.23. The van der Waals surface area contributed by atoms with Gasteiger partial charge in [-0.2, -0.15) is 0 Å². The molecule has 1 aliphatic rings. The Morgan fingerprint density at radius 2 is 1.81 bits per heavy atom. The second-order valence-electron chi connectivity index (χ2n) is 7.93. The van der Waals surface area contributed by atoms with Crippen molar-refractivity contribution in [3.63, 3.8) is 0 Å². The van der Waals surface area contributed by atoms with Crippen LogP contribution in [-0.4, -0.2) is 24.5 Å². The topological polar surface area (TPSA) is 36.4 Å². The second-order valence-corrected chi connectivity index (χ2v) is 8.34. The largest absolute Gasteiger partial charge is 0.326 e. The molecule has 5 rings (SSSR count). The number of carbonyl (C=O) groups excluding carboxylic acids is 1. The number of rotatable bonds is 3. The minimum absolute atomic E-state index is 0.0962. The zero-order valence-corrected chi connectivity index (χ0v) is 18.2. The molecule has 3 aromatic carbocycles. The molecule has 1 aromatic heterocycles. The molecule has 154 valence electrons. The van der Waals surface area contributed by atoms with Gasteiger partial charge in [0.05, 0.1) is 16.2 Å². The number of pyridine rings is 1. The van der Waals surface area contributed by atoms with Gasteiger partial charge >= 0.3 is 0 Å². The smallest absolute Gasteiger partial charge is 0.258 e. The van der Waals surface area contributed by atoms with Crippen molar-refractivity contribution in [3.8, 4) is 0 Å². The van der Waals surface area contributed by atoms with Crippen molar-refractivity contribution in [2.75, 3.05) is 23.4 Å².